The van der Waals surface area contributed by atoms with E-state index in [1.54, 1.807) is 37.3 Å². The smallest absolute Gasteiger partial charge is 0.248 e. The SMILES string of the molecule is CCOc1ccc(N(C(C)C(=O)Nc2ccccc2Sc2ccccc2)S(C)(=O)=O)cc1. The van der Waals surface area contributed by atoms with E-state index in [2.05, 4.69) is 5.32 Å². The molecular formula is C24H26N2O4S2. The summed E-state index contributed by atoms with van der Waals surface area (Å²) >= 11 is 1.52. The summed E-state index contributed by atoms with van der Waals surface area (Å²) in [5, 5.41) is 2.89. The molecule has 1 atom stereocenters. The zero-order valence-corrected chi connectivity index (χ0v) is 19.8. The number of carbonyl (C=O) groups is 1. The Kier molecular flexibility index (Phi) is 7.82. The zero-order chi connectivity index (χ0) is 23.1. The maximum absolute atomic E-state index is 13.1. The van der Waals surface area contributed by atoms with Gasteiger partial charge in [-0.05, 0) is 62.4 Å². The third-order valence-electron chi connectivity index (χ3n) is 4.61. The number of para-hydroxylation sites is 1. The van der Waals surface area contributed by atoms with E-state index < -0.39 is 22.0 Å². The fourth-order valence-corrected chi connectivity index (χ4v) is 5.27. The lowest BCUT2D eigenvalue weighted by Gasteiger charge is -2.28. The van der Waals surface area contributed by atoms with Crippen LogP contribution < -0.4 is 14.4 Å². The summed E-state index contributed by atoms with van der Waals surface area (Å²) in [6, 6.07) is 23.0. The van der Waals surface area contributed by atoms with Crippen LogP contribution >= 0.6 is 11.8 Å². The number of ether oxygens (including phenoxy) is 1. The molecule has 0 fully saturated rings. The Morgan fingerprint density at radius 1 is 1.00 bits per heavy atom. The van der Waals surface area contributed by atoms with Crippen LogP contribution in [0.2, 0.25) is 0 Å². The fraction of sp³-hybridized carbons (Fsp3) is 0.208. The number of anilines is 2. The summed E-state index contributed by atoms with van der Waals surface area (Å²) in [5.74, 6) is 0.207. The van der Waals surface area contributed by atoms with Crippen LogP contribution in [0.25, 0.3) is 0 Å². The lowest BCUT2D eigenvalue weighted by Crippen LogP contribution is -2.45. The minimum absolute atomic E-state index is 0.394. The van der Waals surface area contributed by atoms with Gasteiger partial charge in [-0.25, -0.2) is 8.42 Å². The first-order chi connectivity index (χ1) is 15.3. The molecule has 0 aliphatic carbocycles. The first-order valence-corrected chi connectivity index (χ1v) is 12.8. The highest BCUT2D eigenvalue weighted by Crippen LogP contribution is 2.33. The molecule has 1 amide bonds. The topological polar surface area (TPSA) is 75.7 Å². The van der Waals surface area contributed by atoms with E-state index in [1.165, 1.54) is 11.8 Å². The van der Waals surface area contributed by atoms with Gasteiger partial charge in [-0.15, -0.1) is 0 Å². The Morgan fingerprint density at radius 2 is 1.62 bits per heavy atom. The zero-order valence-electron chi connectivity index (χ0n) is 18.2. The minimum atomic E-state index is -3.71. The number of hydrogen-bond acceptors (Lipinski definition) is 5. The van der Waals surface area contributed by atoms with Crippen molar-refractivity contribution >= 4 is 39.1 Å². The van der Waals surface area contributed by atoms with Gasteiger partial charge in [0.05, 0.1) is 24.2 Å². The summed E-state index contributed by atoms with van der Waals surface area (Å²) in [6.07, 6.45) is 1.09. The lowest BCUT2D eigenvalue weighted by molar-refractivity contribution is -0.116. The Bertz CT molecular complexity index is 1150. The summed E-state index contributed by atoms with van der Waals surface area (Å²) in [4.78, 5) is 15.0. The van der Waals surface area contributed by atoms with Gasteiger partial charge in [0.2, 0.25) is 15.9 Å². The molecule has 168 valence electrons. The summed E-state index contributed by atoms with van der Waals surface area (Å²) < 4.78 is 31.7. The number of amides is 1. The summed E-state index contributed by atoms with van der Waals surface area (Å²) in [6.45, 7) is 3.95. The van der Waals surface area contributed by atoms with Gasteiger partial charge in [-0.2, -0.15) is 0 Å². The first-order valence-electron chi connectivity index (χ1n) is 10.1. The van der Waals surface area contributed by atoms with Crippen LogP contribution in [0.3, 0.4) is 0 Å². The van der Waals surface area contributed by atoms with Crippen LogP contribution in [0.15, 0.2) is 88.7 Å². The molecule has 3 aromatic rings. The van der Waals surface area contributed by atoms with Crippen molar-refractivity contribution in [3.8, 4) is 5.75 Å². The Labute approximate surface area is 193 Å². The molecule has 32 heavy (non-hydrogen) atoms. The quantitative estimate of drug-likeness (QED) is 0.475. The number of nitrogens with zero attached hydrogens (tertiary/aromatic N) is 1. The summed E-state index contributed by atoms with van der Waals surface area (Å²) in [7, 11) is -3.71. The van der Waals surface area contributed by atoms with Crippen molar-refractivity contribution in [2.75, 3.05) is 22.5 Å². The number of hydrogen-bond donors (Lipinski definition) is 1. The van der Waals surface area contributed by atoms with E-state index in [-0.39, 0.29) is 0 Å². The largest absolute Gasteiger partial charge is 0.494 e. The molecule has 0 aliphatic heterocycles. The van der Waals surface area contributed by atoms with E-state index >= 15 is 0 Å². The minimum Gasteiger partial charge on any atom is -0.494 e. The third kappa shape index (κ3) is 6.05. The molecule has 0 radical (unpaired) electrons. The molecule has 1 unspecified atom stereocenters. The van der Waals surface area contributed by atoms with Gasteiger partial charge in [0.15, 0.2) is 0 Å². The molecule has 0 heterocycles. The van der Waals surface area contributed by atoms with Gasteiger partial charge in [0.1, 0.15) is 11.8 Å². The van der Waals surface area contributed by atoms with Crippen molar-refractivity contribution in [2.24, 2.45) is 0 Å². The predicted molar refractivity (Wildman–Crippen MR) is 130 cm³/mol. The normalized spacial score (nSPS) is 12.1. The van der Waals surface area contributed by atoms with Crippen LogP contribution in [0, 0.1) is 0 Å². The monoisotopic (exact) mass is 470 g/mol. The van der Waals surface area contributed by atoms with Gasteiger partial charge in [0.25, 0.3) is 0 Å². The maximum Gasteiger partial charge on any atom is 0.248 e. The molecule has 1 N–H and O–H groups in total. The van der Waals surface area contributed by atoms with Crippen LogP contribution in [-0.2, 0) is 14.8 Å². The lowest BCUT2D eigenvalue weighted by atomic mass is 10.2. The number of nitrogens with one attached hydrogen (secondary N) is 1. The van der Waals surface area contributed by atoms with E-state index in [1.807, 2.05) is 55.5 Å². The number of benzene rings is 3. The molecule has 0 saturated carbocycles. The molecule has 8 heteroatoms. The number of carbonyl (C=O) groups excluding carboxylic acids is 1. The Balaban J connectivity index is 1.83. The average molecular weight is 471 g/mol. The highest BCUT2D eigenvalue weighted by Gasteiger charge is 2.29. The van der Waals surface area contributed by atoms with Gasteiger partial charge in [0, 0.05) is 9.79 Å². The number of rotatable bonds is 9. The first kappa shape index (κ1) is 23.7. The highest BCUT2D eigenvalue weighted by atomic mass is 32.2. The Morgan fingerprint density at radius 3 is 2.25 bits per heavy atom. The van der Waals surface area contributed by atoms with Gasteiger partial charge < -0.3 is 10.1 Å². The van der Waals surface area contributed by atoms with Crippen LogP contribution in [0.4, 0.5) is 11.4 Å². The van der Waals surface area contributed by atoms with E-state index in [0.29, 0.717) is 23.7 Å². The van der Waals surface area contributed by atoms with Crippen LogP contribution in [0.1, 0.15) is 13.8 Å². The molecule has 0 spiro atoms. The third-order valence-corrected chi connectivity index (χ3v) is 6.93. The number of sulfonamides is 1. The second kappa shape index (κ2) is 10.6. The van der Waals surface area contributed by atoms with Gasteiger partial charge in [-0.1, -0.05) is 42.1 Å². The fourth-order valence-electron chi connectivity index (χ4n) is 3.18. The molecule has 0 aliphatic rings. The second-order valence-electron chi connectivity index (χ2n) is 7.06. The van der Waals surface area contributed by atoms with Crippen molar-refractivity contribution in [1.82, 2.24) is 0 Å². The molecule has 3 rings (SSSR count). The predicted octanol–water partition coefficient (Wildman–Crippen LogP) is 5.03. The van der Waals surface area contributed by atoms with E-state index in [4.69, 9.17) is 4.74 Å². The molecular weight excluding hydrogens is 444 g/mol. The van der Waals surface area contributed by atoms with Crippen LogP contribution in [0.5, 0.6) is 5.75 Å². The highest BCUT2D eigenvalue weighted by molar-refractivity contribution is 7.99. The van der Waals surface area contributed by atoms with Crippen molar-refractivity contribution in [3.05, 3.63) is 78.9 Å². The average Bonchev–Trinajstić information content (AvgIpc) is 2.76. The van der Waals surface area contributed by atoms with Crippen molar-refractivity contribution in [1.29, 1.82) is 0 Å². The van der Waals surface area contributed by atoms with Gasteiger partial charge in [-0.3, -0.25) is 9.10 Å². The van der Waals surface area contributed by atoms with E-state index in [9.17, 15) is 13.2 Å². The second-order valence-corrected chi connectivity index (χ2v) is 10.0. The Hall–Kier alpha value is -2.97. The van der Waals surface area contributed by atoms with Gasteiger partial charge >= 0.3 is 0 Å². The molecule has 0 bridgehead atoms. The molecule has 0 saturated heterocycles. The maximum atomic E-state index is 13.1. The summed E-state index contributed by atoms with van der Waals surface area (Å²) in [5.41, 5.74) is 1.02. The van der Waals surface area contributed by atoms with Crippen molar-refractivity contribution < 1.29 is 17.9 Å². The van der Waals surface area contributed by atoms with Crippen LogP contribution in [-0.4, -0.2) is 33.2 Å². The van der Waals surface area contributed by atoms with E-state index in [0.717, 1.165) is 20.4 Å². The molecule has 6 nitrogen and oxygen atoms in total. The van der Waals surface area contributed by atoms with Crippen molar-refractivity contribution in [3.63, 3.8) is 0 Å². The van der Waals surface area contributed by atoms with Crippen molar-refractivity contribution in [2.45, 2.75) is 29.7 Å². The molecule has 0 aromatic heterocycles. The molecule has 3 aromatic carbocycles. The standard InChI is InChI=1S/C24H26N2O4S2/c1-4-30-20-16-14-19(15-17-20)26(32(3,28)29)18(2)24(27)25-22-12-8-9-13-23(22)31-21-10-6-5-7-11-21/h5-18H,4H2,1-3H3,(H,25,27).